The van der Waals surface area contributed by atoms with Gasteiger partial charge in [0.05, 0.1) is 16.5 Å². The van der Waals surface area contributed by atoms with E-state index in [1.165, 1.54) is 13.8 Å². The van der Waals surface area contributed by atoms with Crippen molar-refractivity contribution in [2.75, 3.05) is 0 Å². The Labute approximate surface area is 156 Å². The molecule has 0 aliphatic rings. The summed E-state index contributed by atoms with van der Waals surface area (Å²) in [6.45, 7) is 6.33. The van der Waals surface area contributed by atoms with Gasteiger partial charge in [-0.1, -0.05) is 13.8 Å². The van der Waals surface area contributed by atoms with Gasteiger partial charge in [-0.3, -0.25) is 4.79 Å². The number of nitriles is 1. The summed E-state index contributed by atoms with van der Waals surface area (Å²) < 4.78 is 52.7. The number of hydrogen-bond donors (Lipinski definition) is 1. The molecule has 0 aliphatic carbocycles. The Balaban J connectivity index is 2.84. The third-order valence-electron chi connectivity index (χ3n) is 4.08. The molecule has 1 amide bonds. The maximum atomic E-state index is 12.5. The van der Waals surface area contributed by atoms with E-state index in [1.54, 1.807) is 13.8 Å². The molecule has 10 heteroatoms. The standard InChI is InChI=1S/C17H20F2N2O5S/c1-10(2)17(4,9-20)21-14(22)11(3)26-15(23)12-5-7-13(8-6-12)27(24,25)16(18)19/h5-8,10-11,16H,1-4H3,(H,21,22)/t11-,17+/m0/s1. The summed E-state index contributed by atoms with van der Waals surface area (Å²) in [5.74, 6) is -5.40. The zero-order valence-electron chi connectivity index (χ0n) is 15.2. The fourth-order valence-corrected chi connectivity index (χ4v) is 2.55. The second kappa shape index (κ2) is 8.43. The highest BCUT2D eigenvalue weighted by Gasteiger charge is 2.33. The number of rotatable bonds is 7. The molecule has 1 aromatic rings. The molecule has 1 aromatic carbocycles. The molecule has 27 heavy (non-hydrogen) atoms. The van der Waals surface area contributed by atoms with Crippen molar-refractivity contribution in [2.24, 2.45) is 5.92 Å². The lowest BCUT2D eigenvalue weighted by atomic mass is 9.90. The van der Waals surface area contributed by atoms with Gasteiger partial charge in [0.2, 0.25) is 9.84 Å². The van der Waals surface area contributed by atoms with E-state index in [0.717, 1.165) is 24.3 Å². The average molecular weight is 402 g/mol. The van der Waals surface area contributed by atoms with Crippen LogP contribution in [0, 0.1) is 17.2 Å². The number of ether oxygens (including phenoxy) is 1. The molecule has 0 bridgehead atoms. The lowest BCUT2D eigenvalue weighted by Gasteiger charge is -2.28. The zero-order chi connectivity index (χ0) is 21.0. The predicted octanol–water partition coefficient (Wildman–Crippen LogP) is 2.28. The first-order valence-electron chi connectivity index (χ1n) is 7.91. The molecule has 0 radical (unpaired) electrons. The highest BCUT2D eigenvalue weighted by atomic mass is 32.2. The summed E-state index contributed by atoms with van der Waals surface area (Å²) in [5.41, 5.74) is -1.27. The van der Waals surface area contributed by atoms with Crippen LogP contribution in [0.1, 0.15) is 38.1 Å². The van der Waals surface area contributed by atoms with Crippen molar-refractivity contribution in [2.45, 2.75) is 50.0 Å². The van der Waals surface area contributed by atoms with Gasteiger partial charge in [0, 0.05) is 0 Å². The number of halogens is 2. The fraction of sp³-hybridized carbons (Fsp3) is 0.471. The van der Waals surface area contributed by atoms with Gasteiger partial charge in [0.25, 0.3) is 5.91 Å². The Morgan fingerprint density at radius 2 is 1.70 bits per heavy atom. The molecule has 7 nitrogen and oxygen atoms in total. The minimum absolute atomic E-state index is 0.116. The van der Waals surface area contributed by atoms with Crippen molar-refractivity contribution in [3.8, 4) is 6.07 Å². The van der Waals surface area contributed by atoms with Gasteiger partial charge in [-0.05, 0) is 44.0 Å². The van der Waals surface area contributed by atoms with Crippen LogP contribution in [0.2, 0.25) is 0 Å². The molecule has 0 aliphatic heterocycles. The number of amides is 1. The van der Waals surface area contributed by atoms with Crippen molar-refractivity contribution < 1.29 is 31.5 Å². The summed E-state index contributed by atoms with van der Waals surface area (Å²) in [7, 11) is -4.77. The molecule has 0 fully saturated rings. The highest BCUT2D eigenvalue weighted by molar-refractivity contribution is 7.91. The molecule has 0 spiro atoms. The molecule has 0 saturated carbocycles. The van der Waals surface area contributed by atoms with E-state index in [2.05, 4.69) is 5.32 Å². The van der Waals surface area contributed by atoms with Gasteiger partial charge in [0.15, 0.2) is 6.10 Å². The molecule has 1 N–H and O–H groups in total. The van der Waals surface area contributed by atoms with Crippen LogP contribution < -0.4 is 5.32 Å². The number of carbonyl (C=O) groups excluding carboxylic acids is 2. The van der Waals surface area contributed by atoms with Crippen LogP contribution >= 0.6 is 0 Å². The van der Waals surface area contributed by atoms with Crippen molar-refractivity contribution >= 4 is 21.7 Å². The number of nitrogens with zero attached hydrogens (tertiary/aromatic N) is 1. The number of benzene rings is 1. The van der Waals surface area contributed by atoms with Crippen molar-refractivity contribution in [3.63, 3.8) is 0 Å². The number of esters is 1. The second-order valence-corrected chi connectivity index (χ2v) is 8.25. The van der Waals surface area contributed by atoms with Crippen LogP contribution in [0.25, 0.3) is 0 Å². The first-order valence-corrected chi connectivity index (χ1v) is 9.46. The van der Waals surface area contributed by atoms with E-state index in [9.17, 15) is 32.0 Å². The maximum Gasteiger partial charge on any atom is 0.341 e. The Kier molecular flexibility index (Phi) is 7.03. The van der Waals surface area contributed by atoms with Gasteiger partial charge in [0.1, 0.15) is 5.54 Å². The predicted molar refractivity (Wildman–Crippen MR) is 91.5 cm³/mol. The quantitative estimate of drug-likeness (QED) is 0.700. The van der Waals surface area contributed by atoms with E-state index in [4.69, 9.17) is 4.74 Å². The maximum absolute atomic E-state index is 12.5. The van der Waals surface area contributed by atoms with E-state index in [-0.39, 0.29) is 11.5 Å². The summed E-state index contributed by atoms with van der Waals surface area (Å²) >= 11 is 0. The van der Waals surface area contributed by atoms with E-state index < -0.39 is 44.0 Å². The number of nitrogens with one attached hydrogen (secondary N) is 1. The van der Waals surface area contributed by atoms with Crippen molar-refractivity contribution in [1.82, 2.24) is 5.32 Å². The number of carbonyl (C=O) groups is 2. The molecule has 148 valence electrons. The van der Waals surface area contributed by atoms with E-state index in [0.29, 0.717) is 0 Å². The first-order chi connectivity index (χ1) is 12.3. The monoisotopic (exact) mass is 402 g/mol. The fourth-order valence-electron chi connectivity index (χ4n) is 1.82. The van der Waals surface area contributed by atoms with E-state index >= 15 is 0 Å². The molecule has 0 aromatic heterocycles. The molecular formula is C17H20F2N2O5S. The van der Waals surface area contributed by atoms with Gasteiger partial charge in [-0.25, -0.2) is 13.2 Å². The zero-order valence-corrected chi connectivity index (χ0v) is 16.0. The number of hydrogen-bond acceptors (Lipinski definition) is 6. The molecule has 2 atom stereocenters. The third-order valence-corrected chi connectivity index (χ3v) is 5.47. The van der Waals surface area contributed by atoms with Crippen molar-refractivity contribution in [1.29, 1.82) is 5.26 Å². The third kappa shape index (κ3) is 5.23. The van der Waals surface area contributed by atoms with Crippen LogP contribution in [0.5, 0.6) is 0 Å². The second-order valence-electron chi connectivity index (χ2n) is 6.34. The number of sulfone groups is 1. The van der Waals surface area contributed by atoms with E-state index in [1.807, 2.05) is 6.07 Å². The Hall–Kier alpha value is -2.54. The van der Waals surface area contributed by atoms with Gasteiger partial charge < -0.3 is 10.1 Å². The Morgan fingerprint density at radius 1 is 1.19 bits per heavy atom. The van der Waals surface area contributed by atoms with Gasteiger partial charge in [-0.15, -0.1) is 0 Å². The summed E-state index contributed by atoms with van der Waals surface area (Å²) in [5, 5.41) is 11.7. The molecule has 1 rings (SSSR count). The first kappa shape index (κ1) is 22.5. The lowest BCUT2D eigenvalue weighted by Crippen LogP contribution is -2.52. The normalized spacial score (nSPS) is 14.9. The smallest absolute Gasteiger partial charge is 0.341 e. The SMILES string of the molecule is CC(C)[C@@](C)(C#N)NC(=O)[C@H](C)OC(=O)c1ccc(S(=O)(=O)C(F)F)cc1. The Morgan fingerprint density at radius 3 is 2.11 bits per heavy atom. The van der Waals surface area contributed by atoms with Crippen LogP contribution in [0.15, 0.2) is 29.2 Å². The Bertz CT molecular complexity index is 847. The molecule has 0 saturated heterocycles. The molecule has 0 heterocycles. The topological polar surface area (TPSA) is 113 Å². The van der Waals surface area contributed by atoms with Gasteiger partial charge >= 0.3 is 11.7 Å². The minimum Gasteiger partial charge on any atom is -0.449 e. The average Bonchev–Trinajstić information content (AvgIpc) is 2.61. The summed E-state index contributed by atoms with van der Waals surface area (Å²) in [6, 6.07) is 5.72. The van der Waals surface area contributed by atoms with Gasteiger partial charge in [-0.2, -0.15) is 14.0 Å². The van der Waals surface area contributed by atoms with Crippen LogP contribution in [0.3, 0.4) is 0 Å². The highest BCUT2D eigenvalue weighted by Crippen LogP contribution is 2.19. The van der Waals surface area contributed by atoms with Crippen LogP contribution in [-0.2, 0) is 19.4 Å². The lowest BCUT2D eigenvalue weighted by molar-refractivity contribution is -0.130. The summed E-state index contributed by atoms with van der Waals surface area (Å²) in [4.78, 5) is 23.6. The largest absolute Gasteiger partial charge is 0.449 e. The van der Waals surface area contributed by atoms with Crippen molar-refractivity contribution in [3.05, 3.63) is 29.8 Å². The van der Waals surface area contributed by atoms with Crippen LogP contribution in [0.4, 0.5) is 8.78 Å². The molecule has 0 unspecified atom stereocenters. The minimum atomic E-state index is -4.77. The molecular weight excluding hydrogens is 382 g/mol. The summed E-state index contributed by atoms with van der Waals surface area (Å²) in [6.07, 6.45) is -1.23. The number of alkyl halides is 2. The van der Waals surface area contributed by atoms with Crippen LogP contribution in [-0.4, -0.2) is 37.7 Å².